The van der Waals surface area contributed by atoms with Gasteiger partial charge in [-0.15, -0.1) is 0 Å². The van der Waals surface area contributed by atoms with Gasteiger partial charge in [0, 0.05) is 17.8 Å². The van der Waals surface area contributed by atoms with Gasteiger partial charge in [0.15, 0.2) is 5.78 Å². The number of aromatic nitrogens is 4. The lowest BCUT2D eigenvalue weighted by molar-refractivity contribution is 0.0522. The van der Waals surface area contributed by atoms with Gasteiger partial charge in [0.25, 0.3) is 0 Å². The van der Waals surface area contributed by atoms with Crippen LogP contribution in [0.1, 0.15) is 42.5 Å². The summed E-state index contributed by atoms with van der Waals surface area (Å²) in [6.07, 6.45) is 2.66. The van der Waals surface area contributed by atoms with Crippen molar-refractivity contribution in [3.05, 3.63) is 82.9 Å². The van der Waals surface area contributed by atoms with Crippen LogP contribution in [0.25, 0.3) is 22.1 Å². The van der Waals surface area contributed by atoms with Gasteiger partial charge in [0.05, 0.1) is 34.2 Å². The highest BCUT2D eigenvalue weighted by molar-refractivity contribution is 6.36. The van der Waals surface area contributed by atoms with Gasteiger partial charge in [-0.2, -0.15) is 0 Å². The molecule has 5 rings (SSSR count). The third kappa shape index (κ3) is 5.26. The minimum absolute atomic E-state index is 0.119. The number of H-pyrrole nitrogens is 2. The van der Waals surface area contributed by atoms with Gasteiger partial charge in [0.1, 0.15) is 34.1 Å². The van der Waals surface area contributed by atoms with Gasteiger partial charge in [-0.25, -0.2) is 14.8 Å². The fraction of sp³-hybridized carbons (Fsp3) is 0.185. The van der Waals surface area contributed by atoms with Gasteiger partial charge in [-0.05, 0) is 45.0 Å². The number of ketones is 1. The summed E-state index contributed by atoms with van der Waals surface area (Å²) in [7, 11) is 0. The molecular formula is C27H24ClN5O4. The van der Waals surface area contributed by atoms with Crippen LogP contribution in [0.5, 0.6) is 11.5 Å². The van der Waals surface area contributed by atoms with E-state index in [1.807, 2.05) is 30.3 Å². The Morgan fingerprint density at radius 2 is 1.84 bits per heavy atom. The van der Waals surface area contributed by atoms with E-state index in [0.717, 1.165) is 0 Å². The van der Waals surface area contributed by atoms with E-state index in [0.29, 0.717) is 50.5 Å². The Labute approximate surface area is 217 Å². The number of imidazole rings is 1. The van der Waals surface area contributed by atoms with Crippen molar-refractivity contribution in [1.29, 1.82) is 0 Å². The molecule has 0 bridgehead atoms. The maximum atomic E-state index is 13.5. The number of hydrogen-bond acceptors (Lipinski definition) is 6. The van der Waals surface area contributed by atoms with Crippen molar-refractivity contribution in [1.82, 2.24) is 25.3 Å². The number of amides is 1. The highest BCUT2D eigenvalue weighted by atomic mass is 35.5. The van der Waals surface area contributed by atoms with E-state index in [-0.39, 0.29) is 17.4 Å². The molecular weight excluding hydrogens is 494 g/mol. The average molecular weight is 518 g/mol. The van der Waals surface area contributed by atoms with Crippen LogP contribution in [0, 0.1) is 0 Å². The molecule has 0 aliphatic carbocycles. The SMILES string of the molecule is CC(C)(C)OC(=O)NCc1nc2c(cnc3[nH]cc(C(=O)c4ccc(Oc5ccccc5)cc4Cl)c32)[nH]1. The molecule has 0 fully saturated rings. The zero-order chi connectivity index (χ0) is 26.2. The van der Waals surface area contributed by atoms with Crippen LogP contribution in [0.2, 0.25) is 5.02 Å². The molecule has 3 N–H and O–H groups in total. The number of alkyl carbamates (subject to hydrolysis) is 1. The number of ether oxygens (including phenoxy) is 2. The molecule has 188 valence electrons. The fourth-order valence-electron chi connectivity index (χ4n) is 3.85. The number of fused-ring (bicyclic) bond motifs is 3. The van der Waals surface area contributed by atoms with Crippen molar-refractivity contribution >= 4 is 45.5 Å². The first-order chi connectivity index (χ1) is 17.7. The molecule has 37 heavy (non-hydrogen) atoms. The van der Waals surface area contributed by atoms with Crippen molar-refractivity contribution in [2.24, 2.45) is 0 Å². The number of halogens is 1. The van der Waals surface area contributed by atoms with Crippen LogP contribution in [0.15, 0.2) is 60.9 Å². The van der Waals surface area contributed by atoms with E-state index >= 15 is 0 Å². The number of carbonyl (C=O) groups is 2. The standard InChI is InChI=1S/C27H24ClN5O4/c1-27(2,3)37-26(35)31-14-21-32-20-13-30-25-22(23(20)33-21)18(12-29-25)24(34)17-10-9-16(11-19(17)28)36-15-7-5-4-6-8-15/h4-13H,14H2,1-3H3,(H,29,30)(H,31,35)(H,32,33). The summed E-state index contributed by atoms with van der Waals surface area (Å²) >= 11 is 6.50. The van der Waals surface area contributed by atoms with Crippen molar-refractivity contribution in [3.63, 3.8) is 0 Å². The summed E-state index contributed by atoms with van der Waals surface area (Å²) in [6.45, 7) is 5.48. The Bertz CT molecular complexity index is 1620. The Morgan fingerprint density at radius 1 is 1.05 bits per heavy atom. The number of para-hydroxylation sites is 1. The molecule has 0 aliphatic heterocycles. The summed E-state index contributed by atoms with van der Waals surface area (Å²) in [5.41, 5.74) is 1.78. The quantitative estimate of drug-likeness (QED) is 0.232. The number of nitrogens with zero attached hydrogens (tertiary/aromatic N) is 2. The lowest BCUT2D eigenvalue weighted by Crippen LogP contribution is -2.32. The summed E-state index contributed by atoms with van der Waals surface area (Å²) in [5.74, 6) is 1.40. The zero-order valence-corrected chi connectivity index (χ0v) is 21.1. The summed E-state index contributed by atoms with van der Waals surface area (Å²) < 4.78 is 11.1. The molecule has 3 heterocycles. The number of benzene rings is 2. The van der Waals surface area contributed by atoms with Crippen LogP contribution in [-0.4, -0.2) is 37.4 Å². The van der Waals surface area contributed by atoms with Crippen LogP contribution < -0.4 is 10.1 Å². The maximum absolute atomic E-state index is 13.5. The van der Waals surface area contributed by atoms with E-state index in [2.05, 4.69) is 25.3 Å². The lowest BCUT2D eigenvalue weighted by Gasteiger charge is -2.19. The fourth-order valence-corrected chi connectivity index (χ4v) is 4.11. The first-order valence-electron chi connectivity index (χ1n) is 11.6. The first-order valence-corrected chi connectivity index (χ1v) is 11.9. The second-order valence-corrected chi connectivity index (χ2v) is 9.78. The normalized spacial score (nSPS) is 11.6. The van der Waals surface area contributed by atoms with Crippen molar-refractivity contribution < 1.29 is 19.1 Å². The Kier molecular flexibility index (Phi) is 6.31. The van der Waals surface area contributed by atoms with E-state index in [1.165, 1.54) is 0 Å². The zero-order valence-electron chi connectivity index (χ0n) is 20.4. The number of rotatable bonds is 6. The van der Waals surface area contributed by atoms with Gasteiger partial charge >= 0.3 is 6.09 Å². The molecule has 5 aromatic rings. The van der Waals surface area contributed by atoms with Crippen LogP contribution in [-0.2, 0) is 11.3 Å². The highest BCUT2D eigenvalue weighted by Crippen LogP contribution is 2.31. The Morgan fingerprint density at radius 3 is 2.57 bits per heavy atom. The number of nitrogens with one attached hydrogen (secondary N) is 3. The van der Waals surface area contributed by atoms with Crippen molar-refractivity contribution in [2.45, 2.75) is 32.9 Å². The third-order valence-electron chi connectivity index (χ3n) is 5.41. The van der Waals surface area contributed by atoms with Crippen molar-refractivity contribution in [3.8, 4) is 11.5 Å². The highest BCUT2D eigenvalue weighted by Gasteiger charge is 2.22. The Balaban J connectivity index is 1.42. The minimum atomic E-state index is -0.610. The molecule has 0 saturated heterocycles. The lowest BCUT2D eigenvalue weighted by atomic mass is 10.0. The van der Waals surface area contributed by atoms with Crippen molar-refractivity contribution in [2.75, 3.05) is 0 Å². The third-order valence-corrected chi connectivity index (χ3v) is 5.72. The molecule has 2 aromatic carbocycles. The molecule has 9 nitrogen and oxygen atoms in total. The van der Waals surface area contributed by atoms with Crippen LogP contribution >= 0.6 is 11.6 Å². The number of hydrogen-bond donors (Lipinski definition) is 3. The monoisotopic (exact) mass is 517 g/mol. The number of pyridine rings is 1. The largest absolute Gasteiger partial charge is 0.457 e. The van der Waals surface area contributed by atoms with Gasteiger partial charge in [-0.3, -0.25) is 4.79 Å². The van der Waals surface area contributed by atoms with Crippen LogP contribution in [0.3, 0.4) is 0 Å². The Hall–Kier alpha value is -4.37. The predicted molar refractivity (Wildman–Crippen MR) is 140 cm³/mol. The molecule has 0 spiro atoms. The molecule has 0 unspecified atom stereocenters. The smallest absolute Gasteiger partial charge is 0.408 e. The molecule has 3 aromatic heterocycles. The van der Waals surface area contributed by atoms with E-state index in [9.17, 15) is 9.59 Å². The average Bonchev–Trinajstić information content (AvgIpc) is 3.46. The minimum Gasteiger partial charge on any atom is -0.457 e. The number of aromatic amines is 2. The summed E-state index contributed by atoms with van der Waals surface area (Å²) in [5, 5.41) is 3.49. The second kappa shape index (κ2) is 9.59. The van der Waals surface area contributed by atoms with Gasteiger partial charge in [0.2, 0.25) is 0 Å². The van der Waals surface area contributed by atoms with E-state index in [1.54, 1.807) is 51.4 Å². The molecule has 0 saturated carbocycles. The van der Waals surface area contributed by atoms with E-state index in [4.69, 9.17) is 21.1 Å². The van der Waals surface area contributed by atoms with E-state index < -0.39 is 11.7 Å². The predicted octanol–water partition coefficient (Wildman–Crippen LogP) is 6.14. The van der Waals surface area contributed by atoms with Crippen LogP contribution in [0.4, 0.5) is 4.79 Å². The van der Waals surface area contributed by atoms with Gasteiger partial charge in [-0.1, -0.05) is 29.8 Å². The molecule has 1 amide bonds. The topological polar surface area (TPSA) is 122 Å². The molecule has 10 heteroatoms. The summed E-state index contributed by atoms with van der Waals surface area (Å²) in [6, 6.07) is 14.2. The summed E-state index contributed by atoms with van der Waals surface area (Å²) in [4.78, 5) is 40.7. The number of carbonyl (C=O) groups excluding carboxylic acids is 2. The maximum Gasteiger partial charge on any atom is 0.408 e. The van der Waals surface area contributed by atoms with Gasteiger partial charge < -0.3 is 24.8 Å². The first kappa shape index (κ1) is 24.3. The molecule has 0 radical (unpaired) electrons. The molecule has 0 atom stereocenters. The molecule has 0 aliphatic rings. The second-order valence-electron chi connectivity index (χ2n) is 9.37.